The third-order valence-corrected chi connectivity index (χ3v) is 3.70. The maximum absolute atomic E-state index is 5.39. The van der Waals surface area contributed by atoms with Gasteiger partial charge in [-0.1, -0.05) is 11.8 Å². The molecule has 3 aromatic rings. The van der Waals surface area contributed by atoms with Crippen molar-refractivity contribution in [3.8, 4) is 22.8 Å². The number of hydrogen-bond donors (Lipinski definition) is 0. The highest BCUT2D eigenvalue weighted by molar-refractivity contribution is 7.98. The van der Waals surface area contributed by atoms with E-state index in [0.717, 1.165) is 33.6 Å². The third kappa shape index (κ3) is 1.70. The van der Waals surface area contributed by atoms with E-state index >= 15 is 0 Å². The van der Waals surface area contributed by atoms with E-state index < -0.39 is 0 Å². The number of fused-ring (bicyclic) bond motifs is 2. The van der Waals surface area contributed by atoms with E-state index in [2.05, 4.69) is 15.3 Å². The van der Waals surface area contributed by atoms with Crippen molar-refractivity contribution in [2.75, 3.05) is 13.0 Å². The van der Waals surface area contributed by atoms with Gasteiger partial charge in [-0.05, 0) is 36.6 Å². The molecule has 0 spiro atoms. The van der Waals surface area contributed by atoms with Crippen LogP contribution in [0, 0.1) is 0 Å². The Morgan fingerprint density at radius 3 is 2.90 bits per heavy atom. The Labute approximate surface area is 118 Å². The lowest BCUT2D eigenvalue weighted by atomic mass is 10.1. The molecule has 0 saturated carbocycles. The van der Waals surface area contributed by atoms with Crippen LogP contribution in [0.3, 0.4) is 0 Å². The molecule has 6 nitrogen and oxygen atoms in total. The molecule has 1 aromatic carbocycles. The molecule has 0 unspecified atom stereocenters. The van der Waals surface area contributed by atoms with Gasteiger partial charge in [0.15, 0.2) is 17.1 Å². The van der Waals surface area contributed by atoms with Crippen molar-refractivity contribution >= 4 is 17.4 Å². The topological polar surface area (TPSA) is 61.5 Å². The minimum Gasteiger partial charge on any atom is -0.454 e. The smallest absolute Gasteiger partial charge is 0.231 e. The molecule has 0 atom stereocenters. The van der Waals surface area contributed by atoms with Crippen molar-refractivity contribution in [3.63, 3.8) is 0 Å². The van der Waals surface area contributed by atoms with Crippen molar-refractivity contribution in [1.29, 1.82) is 0 Å². The molecule has 0 N–H and O–H groups in total. The van der Waals surface area contributed by atoms with Gasteiger partial charge in [0.05, 0.1) is 5.69 Å². The van der Waals surface area contributed by atoms with Crippen LogP contribution in [0.4, 0.5) is 0 Å². The molecular weight excluding hydrogens is 276 g/mol. The van der Waals surface area contributed by atoms with Gasteiger partial charge in [0.25, 0.3) is 0 Å². The fraction of sp³-hybridized carbons (Fsp3) is 0.154. The summed E-state index contributed by atoms with van der Waals surface area (Å²) in [5.74, 6) is 1.52. The van der Waals surface area contributed by atoms with Crippen molar-refractivity contribution in [1.82, 2.24) is 19.8 Å². The van der Waals surface area contributed by atoms with Crippen LogP contribution in [0.25, 0.3) is 16.9 Å². The summed E-state index contributed by atoms with van der Waals surface area (Å²) < 4.78 is 12.4. The van der Waals surface area contributed by atoms with Crippen LogP contribution >= 0.6 is 11.8 Å². The first-order chi connectivity index (χ1) is 9.85. The maximum Gasteiger partial charge on any atom is 0.231 e. The lowest BCUT2D eigenvalue weighted by Gasteiger charge is -2.03. The lowest BCUT2D eigenvalue weighted by molar-refractivity contribution is 0.174. The number of nitrogens with zero attached hydrogens (tertiary/aromatic N) is 4. The molecule has 7 heteroatoms. The van der Waals surface area contributed by atoms with Crippen molar-refractivity contribution in [2.24, 2.45) is 0 Å². The van der Waals surface area contributed by atoms with Crippen LogP contribution in [0.5, 0.6) is 11.5 Å². The highest BCUT2D eigenvalue weighted by atomic mass is 32.2. The summed E-state index contributed by atoms with van der Waals surface area (Å²) in [4.78, 5) is 0. The number of rotatable bonds is 2. The summed E-state index contributed by atoms with van der Waals surface area (Å²) in [5, 5.41) is 13.5. The third-order valence-electron chi connectivity index (χ3n) is 3.09. The molecule has 0 bridgehead atoms. The van der Waals surface area contributed by atoms with E-state index in [-0.39, 0.29) is 6.79 Å². The van der Waals surface area contributed by atoms with Gasteiger partial charge in [-0.3, -0.25) is 0 Å². The van der Waals surface area contributed by atoms with Gasteiger partial charge in [0.1, 0.15) is 0 Å². The first kappa shape index (κ1) is 11.5. The molecule has 100 valence electrons. The molecule has 0 fully saturated rings. The number of ether oxygens (including phenoxy) is 2. The van der Waals surface area contributed by atoms with E-state index in [4.69, 9.17) is 9.47 Å². The van der Waals surface area contributed by atoms with E-state index in [1.165, 1.54) is 11.8 Å². The number of benzene rings is 1. The van der Waals surface area contributed by atoms with Crippen LogP contribution < -0.4 is 9.47 Å². The summed E-state index contributed by atoms with van der Waals surface area (Å²) in [6, 6.07) is 9.61. The Morgan fingerprint density at radius 1 is 1.10 bits per heavy atom. The average molecular weight is 286 g/mol. The fourth-order valence-corrected chi connectivity index (χ4v) is 2.54. The Kier molecular flexibility index (Phi) is 2.53. The molecule has 0 amide bonds. The second-order valence-electron chi connectivity index (χ2n) is 4.24. The van der Waals surface area contributed by atoms with Crippen LogP contribution in [-0.2, 0) is 0 Å². The highest BCUT2D eigenvalue weighted by Gasteiger charge is 2.15. The van der Waals surface area contributed by atoms with E-state index in [1.807, 2.05) is 36.6 Å². The standard InChI is InChI=1S/C13H10N4O2S/c1-20-13-15-14-12-5-3-9(16-17(12)13)8-2-4-10-11(6-8)19-7-18-10/h2-6H,7H2,1H3. The molecule has 0 aliphatic carbocycles. The zero-order valence-electron chi connectivity index (χ0n) is 10.6. The first-order valence-electron chi connectivity index (χ1n) is 6.01. The minimum atomic E-state index is 0.271. The largest absolute Gasteiger partial charge is 0.454 e. The Bertz CT molecular complexity index is 802. The van der Waals surface area contributed by atoms with Crippen LogP contribution in [-0.4, -0.2) is 32.9 Å². The summed E-state index contributed by atoms with van der Waals surface area (Å²) in [6.45, 7) is 0.271. The monoisotopic (exact) mass is 286 g/mol. The first-order valence-corrected chi connectivity index (χ1v) is 7.24. The average Bonchev–Trinajstić information content (AvgIpc) is 3.12. The zero-order chi connectivity index (χ0) is 13.5. The highest BCUT2D eigenvalue weighted by Crippen LogP contribution is 2.35. The summed E-state index contributed by atoms with van der Waals surface area (Å²) in [7, 11) is 0. The van der Waals surface area contributed by atoms with Crippen molar-refractivity contribution in [2.45, 2.75) is 5.16 Å². The molecule has 0 saturated heterocycles. The van der Waals surface area contributed by atoms with E-state index in [1.54, 1.807) is 4.52 Å². The van der Waals surface area contributed by atoms with E-state index in [0.29, 0.717) is 0 Å². The van der Waals surface area contributed by atoms with Crippen molar-refractivity contribution in [3.05, 3.63) is 30.3 Å². The summed E-state index contributed by atoms with van der Waals surface area (Å²) in [5.41, 5.74) is 2.54. The van der Waals surface area contributed by atoms with Crippen LogP contribution in [0.1, 0.15) is 0 Å². The van der Waals surface area contributed by atoms with Gasteiger partial charge in [-0.15, -0.1) is 10.2 Å². The number of aromatic nitrogens is 4. The molecule has 1 aliphatic rings. The Morgan fingerprint density at radius 2 is 2.00 bits per heavy atom. The van der Waals surface area contributed by atoms with Gasteiger partial charge in [0, 0.05) is 5.56 Å². The predicted octanol–water partition coefficient (Wildman–Crippen LogP) is 2.24. The minimum absolute atomic E-state index is 0.271. The lowest BCUT2D eigenvalue weighted by Crippen LogP contribution is -1.96. The SMILES string of the molecule is CSc1nnc2ccc(-c3ccc4c(c3)OCO4)nn12. The summed E-state index contributed by atoms with van der Waals surface area (Å²) >= 11 is 1.51. The molecular formula is C13H10N4O2S. The molecule has 20 heavy (non-hydrogen) atoms. The van der Waals surface area contributed by atoms with Gasteiger partial charge >= 0.3 is 0 Å². The molecule has 1 aliphatic heterocycles. The predicted molar refractivity (Wildman–Crippen MR) is 74.1 cm³/mol. The quantitative estimate of drug-likeness (QED) is 0.673. The zero-order valence-corrected chi connectivity index (χ0v) is 11.4. The van der Waals surface area contributed by atoms with Crippen molar-refractivity contribution < 1.29 is 9.47 Å². The Balaban J connectivity index is 1.85. The van der Waals surface area contributed by atoms with Gasteiger partial charge < -0.3 is 9.47 Å². The maximum atomic E-state index is 5.39. The van der Waals surface area contributed by atoms with Crippen LogP contribution in [0.2, 0.25) is 0 Å². The normalized spacial score (nSPS) is 13.1. The second kappa shape index (κ2) is 4.38. The Hall–Kier alpha value is -2.28. The summed E-state index contributed by atoms with van der Waals surface area (Å²) in [6.07, 6.45) is 1.95. The van der Waals surface area contributed by atoms with Crippen LogP contribution in [0.15, 0.2) is 35.5 Å². The van der Waals surface area contributed by atoms with E-state index in [9.17, 15) is 0 Å². The number of thioether (sulfide) groups is 1. The molecule has 3 heterocycles. The number of hydrogen-bond acceptors (Lipinski definition) is 6. The van der Waals surface area contributed by atoms with Gasteiger partial charge in [0.2, 0.25) is 11.9 Å². The van der Waals surface area contributed by atoms with Gasteiger partial charge in [-0.2, -0.15) is 9.61 Å². The molecule has 0 radical (unpaired) electrons. The second-order valence-corrected chi connectivity index (χ2v) is 5.02. The molecule has 2 aromatic heterocycles. The van der Waals surface area contributed by atoms with Gasteiger partial charge in [-0.25, -0.2) is 0 Å². The molecule has 4 rings (SSSR count). The fourth-order valence-electron chi connectivity index (χ4n) is 2.11.